The van der Waals surface area contributed by atoms with Crippen molar-refractivity contribution in [3.63, 3.8) is 0 Å². The summed E-state index contributed by atoms with van der Waals surface area (Å²) in [5.74, 6) is 0.460. The molecule has 0 fully saturated rings. The molecule has 0 heterocycles. The lowest BCUT2D eigenvalue weighted by atomic mass is 10.00. The predicted octanol–water partition coefficient (Wildman–Crippen LogP) is 4.50. The highest BCUT2D eigenvalue weighted by Gasteiger charge is 1.98. The fourth-order valence-corrected chi connectivity index (χ4v) is 1.69. The van der Waals surface area contributed by atoms with E-state index in [0.29, 0.717) is 5.92 Å². The molecule has 0 bridgehead atoms. The van der Waals surface area contributed by atoms with Gasteiger partial charge >= 0.3 is 0 Å². The number of allylic oxidation sites excluding steroid dienone is 1. The van der Waals surface area contributed by atoms with Crippen LogP contribution in [0.1, 0.15) is 24.0 Å². The van der Waals surface area contributed by atoms with Gasteiger partial charge in [0.2, 0.25) is 0 Å². The molecule has 0 N–H and O–H groups in total. The first kappa shape index (κ1) is 10.7. The van der Waals surface area contributed by atoms with Crippen LogP contribution in [0.5, 0.6) is 0 Å². The first-order valence-electron chi connectivity index (χ1n) is 5.64. The second-order valence-electron chi connectivity index (χ2n) is 3.97. The van der Waals surface area contributed by atoms with E-state index in [4.69, 9.17) is 0 Å². The second kappa shape index (κ2) is 5.32. The van der Waals surface area contributed by atoms with Gasteiger partial charge in [0.15, 0.2) is 0 Å². The SMILES string of the molecule is CC(/C=C\c1ccccc1)c1ccccc1. The van der Waals surface area contributed by atoms with E-state index < -0.39 is 0 Å². The van der Waals surface area contributed by atoms with Crippen molar-refractivity contribution >= 4 is 6.08 Å². The zero-order chi connectivity index (χ0) is 11.2. The summed E-state index contributed by atoms with van der Waals surface area (Å²) in [6.07, 6.45) is 4.42. The van der Waals surface area contributed by atoms with Crippen LogP contribution in [-0.2, 0) is 0 Å². The molecule has 1 atom stereocenters. The van der Waals surface area contributed by atoms with Crippen molar-refractivity contribution in [1.29, 1.82) is 0 Å². The van der Waals surface area contributed by atoms with Crippen molar-refractivity contribution in [3.05, 3.63) is 77.9 Å². The zero-order valence-corrected chi connectivity index (χ0v) is 9.51. The summed E-state index contributed by atoms with van der Waals surface area (Å²) in [4.78, 5) is 0. The molecule has 0 aliphatic carbocycles. The van der Waals surface area contributed by atoms with E-state index in [-0.39, 0.29) is 0 Å². The second-order valence-corrected chi connectivity index (χ2v) is 3.97. The normalized spacial score (nSPS) is 12.8. The molecule has 0 aromatic heterocycles. The Labute approximate surface area is 97.3 Å². The van der Waals surface area contributed by atoms with Crippen molar-refractivity contribution in [2.75, 3.05) is 0 Å². The highest BCUT2D eigenvalue weighted by atomic mass is 14.0. The van der Waals surface area contributed by atoms with Crippen LogP contribution in [0, 0.1) is 0 Å². The molecule has 0 saturated carbocycles. The molecule has 0 aliphatic rings. The van der Waals surface area contributed by atoms with Gasteiger partial charge in [-0.3, -0.25) is 0 Å². The molecular weight excluding hydrogens is 192 g/mol. The van der Waals surface area contributed by atoms with E-state index in [1.807, 2.05) is 6.07 Å². The Morgan fingerprint density at radius 3 is 2.00 bits per heavy atom. The lowest BCUT2D eigenvalue weighted by Gasteiger charge is -2.05. The Balaban J connectivity index is 2.08. The maximum absolute atomic E-state index is 2.24. The largest absolute Gasteiger partial charge is 0.0767 e. The van der Waals surface area contributed by atoms with Crippen LogP contribution in [0.3, 0.4) is 0 Å². The molecule has 2 aromatic carbocycles. The third-order valence-electron chi connectivity index (χ3n) is 2.70. The molecule has 0 heteroatoms. The number of hydrogen-bond acceptors (Lipinski definition) is 0. The van der Waals surface area contributed by atoms with Crippen molar-refractivity contribution < 1.29 is 0 Å². The van der Waals surface area contributed by atoms with Crippen LogP contribution in [0.15, 0.2) is 66.7 Å². The van der Waals surface area contributed by atoms with Crippen LogP contribution < -0.4 is 0 Å². The van der Waals surface area contributed by atoms with E-state index in [9.17, 15) is 0 Å². The van der Waals surface area contributed by atoms with Crippen molar-refractivity contribution in [2.45, 2.75) is 12.8 Å². The zero-order valence-electron chi connectivity index (χ0n) is 9.51. The van der Waals surface area contributed by atoms with Gasteiger partial charge in [-0.05, 0) is 17.0 Å². The molecule has 0 radical (unpaired) electrons. The average Bonchev–Trinajstić information content (AvgIpc) is 2.38. The Kier molecular flexibility index (Phi) is 3.55. The van der Waals surface area contributed by atoms with E-state index in [0.717, 1.165) is 0 Å². The summed E-state index contributed by atoms with van der Waals surface area (Å²) in [5.41, 5.74) is 2.61. The Hall–Kier alpha value is -1.82. The summed E-state index contributed by atoms with van der Waals surface area (Å²) < 4.78 is 0. The van der Waals surface area contributed by atoms with Gasteiger partial charge in [0.25, 0.3) is 0 Å². The van der Waals surface area contributed by atoms with Crippen molar-refractivity contribution in [2.24, 2.45) is 0 Å². The minimum absolute atomic E-state index is 0.460. The van der Waals surface area contributed by atoms with Gasteiger partial charge in [-0.1, -0.05) is 79.7 Å². The first-order chi connectivity index (χ1) is 7.86. The molecule has 80 valence electrons. The fourth-order valence-electron chi connectivity index (χ4n) is 1.69. The summed E-state index contributed by atoms with van der Waals surface area (Å²) >= 11 is 0. The minimum atomic E-state index is 0.460. The third kappa shape index (κ3) is 2.83. The topological polar surface area (TPSA) is 0 Å². The lowest BCUT2D eigenvalue weighted by molar-refractivity contribution is 0.973. The van der Waals surface area contributed by atoms with Gasteiger partial charge in [0.1, 0.15) is 0 Å². The molecule has 0 saturated heterocycles. The third-order valence-corrected chi connectivity index (χ3v) is 2.70. The Bertz CT molecular complexity index is 440. The Morgan fingerprint density at radius 1 is 0.812 bits per heavy atom. The number of rotatable bonds is 3. The molecule has 0 spiro atoms. The molecule has 1 unspecified atom stereocenters. The lowest BCUT2D eigenvalue weighted by Crippen LogP contribution is -1.87. The van der Waals surface area contributed by atoms with Crippen LogP contribution in [0.2, 0.25) is 0 Å². The van der Waals surface area contributed by atoms with Gasteiger partial charge in [-0.15, -0.1) is 0 Å². The fraction of sp³-hybridized carbons (Fsp3) is 0.125. The molecular formula is C16H16. The van der Waals surface area contributed by atoms with Crippen molar-refractivity contribution in [1.82, 2.24) is 0 Å². The minimum Gasteiger partial charge on any atom is -0.0767 e. The monoisotopic (exact) mass is 208 g/mol. The quantitative estimate of drug-likeness (QED) is 0.696. The molecule has 2 rings (SSSR count). The molecule has 0 amide bonds. The van der Waals surface area contributed by atoms with Crippen LogP contribution >= 0.6 is 0 Å². The number of benzene rings is 2. The van der Waals surface area contributed by atoms with E-state index in [1.165, 1.54) is 11.1 Å². The highest BCUT2D eigenvalue weighted by Crippen LogP contribution is 2.17. The average molecular weight is 208 g/mol. The summed E-state index contributed by atoms with van der Waals surface area (Å²) in [6.45, 7) is 2.22. The molecule has 16 heavy (non-hydrogen) atoms. The van der Waals surface area contributed by atoms with E-state index >= 15 is 0 Å². The summed E-state index contributed by atoms with van der Waals surface area (Å²) in [6, 6.07) is 21.0. The van der Waals surface area contributed by atoms with Crippen LogP contribution in [0.4, 0.5) is 0 Å². The molecule has 2 aromatic rings. The smallest absolute Gasteiger partial charge is 0.000711 e. The van der Waals surface area contributed by atoms with Crippen LogP contribution in [0.25, 0.3) is 6.08 Å². The van der Waals surface area contributed by atoms with Crippen molar-refractivity contribution in [3.8, 4) is 0 Å². The van der Waals surface area contributed by atoms with Gasteiger partial charge < -0.3 is 0 Å². The first-order valence-corrected chi connectivity index (χ1v) is 5.64. The Morgan fingerprint density at radius 2 is 1.38 bits per heavy atom. The van der Waals surface area contributed by atoms with Gasteiger partial charge in [-0.25, -0.2) is 0 Å². The van der Waals surface area contributed by atoms with E-state index in [2.05, 4.69) is 73.7 Å². The molecule has 0 nitrogen and oxygen atoms in total. The maximum atomic E-state index is 2.24. The molecule has 0 aliphatic heterocycles. The number of hydrogen-bond donors (Lipinski definition) is 0. The van der Waals surface area contributed by atoms with Gasteiger partial charge in [-0.2, -0.15) is 0 Å². The highest BCUT2D eigenvalue weighted by molar-refractivity contribution is 5.50. The van der Waals surface area contributed by atoms with Gasteiger partial charge in [0.05, 0.1) is 0 Å². The predicted molar refractivity (Wildman–Crippen MR) is 70.3 cm³/mol. The van der Waals surface area contributed by atoms with E-state index in [1.54, 1.807) is 0 Å². The van der Waals surface area contributed by atoms with Crippen LogP contribution in [-0.4, -0.2) is 0 Å². The maximum Gasteiger partial charge on any atom is -0.000711 e. The standard InChI is InChI=1S/C16H16/c1-14(16-10-6-3-7-11-16)12-13-15-8-4-2-5-9-15/h2-14H,1H3/b13-12-. The van der Waals surface area contributed by atoms with Gasteiger partial charge in [0, 0.05) is 0 Å². The summed E-state index contributed by atoms with van der Waals surface area (Å²) in [7, 11) is 0. The summed E-state index contributed by atoms with van der Waals surface area (Å²) in [5, 5.41) is 0.